The van der Waals surface area contributed by atoms with Gasteiger partial charge in [0, 0.05) is 6.07 Å². The molecule has 0 radical (unpaired) electrons. The SMILES string of the molecule is CC[C@@H](C)c1ccc(S(=O)(=O)Nc2ccc(C(=O)O)c(O)c2)cc1. The average Bonchev–Trinajstić information content (AvgIpc) is 2.53. The Labute approximate surface area is 140 Å². The van der Waals surface area contributed by atoms with Crippen LogP contribution in [0.3, 0.4) is 0 Å². The maximum absolute atomic E-state index is 12.4. The first kappa shape index (κ1) is 17.8. The summed E-state index contributed by atoms with van der Waals surface area (Å²) in [4.78, 5) is 10.9. The summed E-state index contributed by atoms with van der Waals surface area (Å²) in [6, 6.07) is 10.1. The van der Waals surface area contributed by atoms with Gasteiger partial charge in [0.05, 0.1) is 10.6 Å². The molecule has 0 amide bonds. The lowest BCUT2D eigenvalue weighted by molar-refractivity contribution is 0.0694. The number of nitrogens with one attached hydrogen (secondary N) is 1. The summed E-state index contributed by atoms with van der Waals surface area (Å²) >= 11 is 0. The molecule has 2 rings (SSSR count). The molecule has 2 aromatic rings. The lowest BCUT2D eigenvalue weighted by atomic mass is 9.99. The maximum atomic E-state index is 12.4. The van der Waals surface area contributed by atoms with Crippen LogP contribution in [0.1, 0.15) is 42.1 Å². The van der Waals surface area contributed by atoms with Gasteiger partial charge in [-0.25, -0.2) is 13.2 Å². The summed E-state index contributed by atoms with van der Waals surface area (Å²) in [5, 5.41) is 18.5. The van der Waals surface area contributed by atoms with Gasteiger partial charge < -0.3 is 10.2 Å². The van der Waals surface area contributed by atoms with Crippen LogP contribution in [0.4, 0.5) is 5.69 Å². The zero-order chi connectivity index (χ0) is 17.9. The van der Waals surface area contributed by atoms with Crippen molar-refractivity contribution in [3.8, 4) is 5.75 Å². The van der Waals surface area contributed by atoms with Gasteiger partial charge in [-0.1, -0.05) is 26.0 Å². The van der Waals surface area contributed by atoms with Crippen molar-refractivity contribution in [1.82, 2.24) is 0 Å². The molecular weight excluding hydrogens is 330 g/mol. The van der Waals surface area contributed by atoms with Crippen LogP contribution in [0, 0.1) is 0 Å². The number of anilines is 1. The number of hydrogen-bond acceptors (Lipinski definition) is 4. The van der Waals surface area contributed by atoms with Crippen molar-refractivity contribution in [2.75, 3.05) is 4.72 Å². The molecule has 0 aromatic heterocycles. The van der Waals surface area contributed by atoms with E-state index < -0.39 is 21.7 Å². The molecule has 0 aliphatic rings. The van der Waals surface area contributed by atoms with E-state index in [-0.39, 0.29) is 16.1 Å². The van der Waals surface area contributed by atoms with Crippen LogP contribution in [-0.4, -0.2) is 24.6 Å². The van der Waals surface area contributed by atoms with Crippen LogP contribution in [0.25, 0.3) is 0 Å². The molecule has 128 valence electrons. The maximum Gasteiger partial charge on any atom is 0.339 e. The lowest BCUT2D eigenvalue weighted by Gasteiger charge is -2.12. The summed E-state index contributed by atoms with van der Waals surface area (Å²) < 4.78 is 27.1. The first-order chi connectivity index (χ1) is 11.2. The van der Waals surface area contributed by atoms with Crippen LogP contribution in [0.5, 0.6) is 5.75 Å². The number of aromatic carboxylic acids is 1. The van der Waals surface area contributed by atoms with E-state index in [0.717, 1.165) is 24.1 Å². The minimum absolute atomic E-state index is 0.0866. The zero-order valence-electron chi connectivity index (χ0n) is 13.4. The van der Waals surface area contributed by atoms with Gasteiger partial charge in [0.1, 0.15) is 11.3 Å². The molecule has 6 nitrogen and oxygen atoms in total. The molecule has 0 spiro atoms. The smallest absolute Gasteiger partial charge is 0.339 e. The molecule has 0 aliphatic heterocycles. The molecule has 0 unspecified atom stereocenters. The highest BCUT2D eigenvalue weighted by Crippen LogP contribution is 2.25. The van der Waals surface area contributed by atoms with Crippen LogP contribution in [0.2, 0.25) is 0 Å². The molecule has 0 fully saturated rings. The molecule has 0 heterocycles. The second-order valence-corrected chi connectivity index (χ2v) is 7.20. The zero-order valence-corrected chi connectivity index (χ0v) is 14.2. The predicted molar refractivity (Wildman–Crippen MR) is 91.0 cm³/mol. The number of carboxylic acids is 1. The molecule has 0 saturated heterocycles. The fraction of sp³-hybridized carbons (Fsp3) is 0.235. The average molecular weight is 349 g/mol. The minimum atomic E-state index is -3.82. The number of sulfonamides is 1. The molecule has 0 saturated carbocycles. The Morgan fingerprint density at radius 3 is 2.29 bits per heavy atom. The highest BCUT2D eigenvalue weighted by Gasteiger charge is 2.17. The van der Waals surface area contributed by atoms with E-state index in [2.05, 4.69) is 18.6 Å². The Morgan fingerprint density at radius 2 is 1.79 bits per heavy atom. The molecule has 7 heteroatoms. The number of carboxylic acid groups (broad SMARTS) is 1. The Kier molecular flexibility index (Phi) is 5.14. The second kappa shape index (κ2) is 6.92. The largest absolute Gasteiger partial charge is 0.507 e. The fourth-order valence-electron chi connectivity index (χ4n) is 2.20. The van der Waals surface area contributed by atoms with Crippen molar-refractivity contribution in [1.29, 1.82) is 0 Å². The first-order valence-corrected chi connectivity index (χ1v) is 8.92. The number of aromatic hydroxyl groups is 1. The van der Waals surface area contributed by atoms with Crippen molar-refractivity contribution < 1.29 is 23.4 Å². The van der Waals surface area contributed by atoms with E-state index in [4.69, 9.17) is 5.11 Å². The Bertz CT molecular complexity index is 844. The molecular formula is C17H19NO5S. The molecule has 24 heavy (non-hydrogen) atoms. The van der Waals surface area contributed by atoms with E-state index in [0.29, 0.717) is 5.92 Å². The Morgan fingerprint density at radius 1 is 1.17 bits per heavy atom. The summed E-state index contributed by atoms with van der Waals surface area (Å²) in [5.41, 5.74) is 0.847. The molecule has 1 atom stereocenters. The van der Waals surface area contributed by atoms with Gasteiger partial charge in [0.15, 0.2) is 0 Å². The minimum Gasteiger partial charge on any atom is -0.507 e. The quantitative estimate of drug-likeness (QED) is 0.741. The standard InChI is InChI=1S/C17H19NO5S/c1-3-11(2)12-4-7-14(8-5-12)24(22,23)18-13-6-9-15(17(20)21)16(19)10-13/h4-11,18-19H,3H2,1-2H3,(H,20,21)/t11-/m1/s1. The first-order valence-electron chi connectivity index (χ1n) is 7.43. The summed E-state index contributed by atoms with van der Waals surface area (Å²) in [5.74, 6) is -1.45. The fourth-order valence-corrected chi connectivity index (χ4v) is 3.25. The van der Waals surface area contributed by atoms with Crippen molar-refractivity contribution in [2.24, 2.45) is 0 Å². The van der Waals surface area contributed by atoms with Gasteiger partial charge in [-0.3, -0.25) is 4.72 Å². The van der Waals surface area contributed by atoms with Crippen molar-refractivity contribution in [3.63, 3.8) is 0 Å². The topological polar surface area (TPSA) is 104 Å². The third-order valence-corrected chi connectivity index (χ3v) is 5.25. The van der Waals surface area contributed by atoms with Crippen LogP contribution < -0.4 is 4.72 Å². The lowest BCUT2D eigenvalue weighted by Crippen LogP contribution is -2.13. The van der Waals surface area contributed by atoms with E-state index in [1.165, 1.54) is 18.2 Å². The third-order valence-electron chi connectivity index (χ3n) is 3.85. The normalized spacial score (nSPS) is 12.6. The van der Waals surface area contributed by atoms with Crippen LogP contribution in [-0.2, 0) is 10.0 Å². The summed E-state index contributed by atoms with van der Waals surface area (Å²) in [6.07, 6.45) is 0.958. The molecule has 2 aromatic carbocycles. The van der Waals surface area contributed by atoms with Gasteiger partial charge in [-0.05, 0) is 42.2 Å². The van der Waals surface area contributed by atoms with Crippen molar-refractivity contribution >= 4 is 21.7 Å². The number of rotatable bonds is 6. The van der Waals surface area contributed by atoms with Gasteiger partial charge in [0.25, 0.3) is 10.0 Å². The van der Waals surface area contributed by atoms with Crippen molar-refractivity contribution in [3.05, 3.63) is 53.6 Å². The number of carbonyl (C=O) groups is 1. The molecule has 0 bridgehead atoms. The molecule has 0 aliphatic carbocycles. The van der Waals surface area contributed by atoms with E-state index in [1.54, 1.807) is 12.1 Å². The summed E-state index contributed by atoms with van der Waals surface area (Å²) in [6.45, 7) is 4.12. The van der Waals surface area contributed by atoms with Gasteiger partial charge in [0.2, 0.25) is 0 Å². The number of hydrogen-bond donors (Lipinski definition) is 3. The predicted octanol–water partition coefficient (Wildman–Crippen LogP) is 3.40. The Hall–Kier alpha value is -2.54. The monoisotopic (exact) mass is 349 g/mol. The summed E-state index contributed by atoms with van der Waals surface area (Å²) in [7, 11) is -3.82. The molecule has 3 N–H and O–H groups in total. The van der Waals surface area contributed by atoms with Crippen LogP contribution >= 0.6 is 0 Å². The number of benzene rings is 2. The van der Waals surface area contributed by atoms with Gasteiger partial charge in [-0.2, -0.15) is 0 Å². The third kappa shape index (κ3) is 3.86. The van der Waals surface area contributed by atoms with E-state index in [9.17, 15) is 18.3 Å². The van der Waals surface area contributed by atoms with Crippen molar-refractivity contribution in [2.45, 2.75) is 31.1 Å². The van der Waals surface area contributed by atoms with Gasteiger partial charge >= 0.3 is 5.97 Å². The second-order valence-electron chi connectivity index (χ2n) is 5.52. The Balaban J connectivity index is 2.25. The van der Waals surface area contributed by atoms with E-state index in [1.807, 2.05) is 0 Å². The van der Waals surface area contributed by atoms with Crippen LogP contribution in [0.15, 0.2) is 47.4 Å². The van der Waals surface area contributed by atoms with Gasteiger partial charge in [-0.15, -0.1) is 0 Å². The number of phenols is 1. The van der Waals surface area contributed by atoms with E-state index >= 15 is 0 Å². The highest BCUT2D eigenvalue weighted by atomic mass is 32.2. The highest BCUT2D eigenvalue weighted by molar-refractivity contribution is 7.92.